The summed E-state index contributed by atoms with van der Waals surface area (Å²) in [4.78, 5) is 9.15. The topological polar surface area (TPSA) is 49.3 Å². The summed E-state index contributed by atoms with van der Waals surface area (Å²) >= 11 is 1.71. The third-order valence-electron chi connectivity index (χ3n) is 3.19. The molecule has 1 heterocycles. The van der Waals surface area contributed by atoms with Gasteiger partial charge in [-0.3, -0.25) is 0 Å². The van der Waals surface area contributed by atoms with Crippen LogP contribution in [0.1, 0.15) is 30.1 Å². The smallest absolute Gasteiger partial charge is 0.191 e. The van der Waals surface area contributed by atoms with E-state index in [0.29, 0.717) is 6.54 Å². The van der Waals surface area contributed by atoms with E-state index in [1.807, 2.05) is 6.07 Å². The summed E-state index contributed by atoms with van der Waals surface area (Å²) in [5, 5.41) is 9.92. The summed E-state index contributed by atoms with van der Waals surface area (Å²) in [5.41, 5.74) is 2.38. The minimum absolute atomic E-state index is 0. The van der Waals surface area contributed by atoms with Gasteiger partial charge in [0.25, 0.3) is 0 Å². The van der Waals surface area contributed by atoms with Gasteiger partial charge in [-0.05, 0) is 25.3 Å². The number of halogens is 1. The van der Waals surface area contributed by atoms with Crippen LogP contribution in [0.4, 0.5) is 0 Å². The molecule has 0 bridgehead atoms. The van der Waals surface area contributed by atoms with Crippen molar-refractivity contribution in [3.8, 4) is 0 Å². The van der Waals surface area contributed by atoms with Gasteiger partial charge in [0, 0.05) is 18.5 Å². The minimum Gasteiger partial charge on any atom is -0.357 e. The Morgan fingerprint density at radius 3 is 2.61 bits per heavy atom. The van der Waals surface area contributed by atoms with Crippen molar-refractivity contribution in [3.05, 3.63) is 52.0 Å². The molecule has 0 saturated carbocycles. The number of hydrogen-bond acceptors (Lipinski definition) is 3. The summed E-state index contributed by atoms with van der Waals surface area (Å²) in [6.07, 6.45) is 1.98. The zero-order valence-corrected chi connectivity index (χ0v) is 16.9. The predicted octanol–water partition coefficient (Wildman–Crippen LogP) is 3.62. The highest BCUT2D eigenvalue weighted by molar-refractivity contribution is 14.0. The predicted molar refractivity (Wildman–Crippen MR) is 110 cm³/mol. The molecule has 0 aliphatic heterocycles. The molecule has 0 saturated heterocycles. The Bertz CT molecular complexity index is 583. The molecule has 0 atom stereocenters. The van der Waals surface area contributed by atoms with E-state index in [4.69, 9.17) is 0 Å². The molecular formula is C17H25IN4S. The SMILES string of the molecule is CCNC(=NCc1csc(CC)n1)NCCc1ccccc1.I. The fourth-order valence-electron chi connectivity index (χ4n) is 2.06. The molecule has 2 rings (SSSR count). The maximum absolute atomic E-state index is 4.60. The lowest BCUT2D eigenvalue weighted by atomic mass is 10.1. The van der Waals surface area contributed by atoms with E-state index < -0.39 is 0 Å². The van der Waals surface area contributed by atoms with Gasteiger partial charge in [0.2, 0.25) is 0 Å². The summed E-state index contributed by atoms with van der Waals surface area (Å²) in [7, 11) is 0. The van der Waals surface area contributed by atoms with Crippen molar-refractivity contribution in [3.63, 3.8) is 0 Å². The zero-order valence-electron chi connectivity index (χ0n) is 13.7. The molecule has 6 heteroatoms. The first-order chi connectivity index (χ1) is 10.8. The maximum Gasteiger partial charge on any atom is 0.191 e. The van der Waals surface area contributed by atoms with E-state index in [-0.39, 0.29) is 24.0 Å². The van der Waals surface area contributed by atoms with Crippen molar-refractivity contribution >= 4 is 41.3 Å². The monoisotopic (exact) mass is 444 g/mol. The molecule has 1 aromatic carbocycles. The van der Waals surface area contributed by atoms with Gasteiger partial charge >= 0.3 is 0 Å². The molecule has 126 valence electrons. The second-order valence-electron chi connectivity index (χ2n) is 4.94. The van der Waals surface area contributed by atoms with Crippen molar-refractivity contribution in [1.82, 2.24) is 15.6 Å². The van der Waals surface area contributed by atoms with Crippen LogP contribution >= 0.6 is 35.3 Å². The average molecular weight is 444 g/mol. The molecule has 0 spiro atoms. The normalized spacial score (nSPS) is 11.0. The second-order valence-corrected chi connectivity index (χ2v) is 5.89. The van der Waals surface area contributed by atoms with Crippen LogP contribution in [0.5, 0.6) is 0 Å². The van der Waals surface area contributed by atoms with Crippen molar-refractivity contribution in [2.24, 2.45) is 4.99 Å². The minimum atomic E-state index is 0. The number of thiazole rings is 1. The highest BCUT2D eigenvalue weighted by Gasteiger charge is 2.01. The summed E-state index contributed by atoms with van der Waals surface area (Å²) < 4.78 is 0. The number of aryl methyl sites for hydroxylation is 1. The highest BCUT2D eigenvalue weighted by Crippen LogP contribution is 2.10. The van der Waals surface area contributed by atoms with E-state index in [0.717, 1.165) is 37.6 Å². The van der Waals surface area contributed by atoms with Crippen LogP contribution in [0, 0.1) is 0 Å². The van der Waals surface area contributed by atoms with Gasteiger partial charge in [0.15, 0.2) is 5.96 Å². The van der Waals surface area contributed by atoms with Gasteiger partial charge in [0.05, 0.1) is 17.2 Å². The van der Waals surface area contributed by atoms with Gasteiger partial charge in [-0.25, -0.2) is 9.98 Å². The Morgan fingerprint density at radius 1 is 1.17 bits per heavy atom. The highest BCUT2D eigenvalue weighted by atomic mass is 127. The summed E-state index contributed by atoms with van der Waals surface area (Å²) in [5.74, 6) is 0.851. The first-order valence-corrected chi connectivity index (χ1v) is 8.69. The molecule has 0 fully saturated rings. The third kappa shape index (κ3) is 7.30. The van der Waals surface area contributed by atoms with Crippen molar-refractivity contribution in [2.75, 3.05) is 13.1 Å². The van der Waals surface area contributed by atoms with Crippen LogP contribution in [0.2, 0.25) is 0 Å². The molecule has 0 aliphatic carbocycles. The third-order valence-corrected chi connectivity index (χ3v) is 4.24. The van der Waals surface area contributed by atoms with Crippen LogP contribution in [-0.4, -0.2) is 24.0 Å². The van der Waals surface area contributed by atoms with Gasteiger partial charge in [-0.15, -0.1) is 35.3 Å². The van der Waals surface area contributed by atoms with Crippen molar-refractivity contribution in [1.29, 1.82) is 0 Å². The number of guanidine groups is 1. The Kier molecular flexibility index (Phi) is 9.86. The first-order valence-electron chi connectivity index (χ1n) is 7.81. The van der Waals surface area contributed by atoms with Crippen LogP contribution in [-0.2, 0) is 19.4 Å². The van der Waals surface area contributed by atoms with Gasteiger partial charge in [-0.2, -0.15) is 0 Å². The summed E-state index contributed by atoms with van der Waals surface area (Å²) in [6.45, 7) is 6.55. The second kappa shape index (κ2) is 11.4. The number of nitrogens with one attached hydrogen (secondary N) is 2. The lowest BCUT2D eigenvalue weighted by Gasteiger charge is -2.11. The van der Waals surface area contributed by atoms with E-state index in [1.165, 1.54) is 10.6 Å². The van der Waals surface area contributed by atoms with E-state index >= 15 is 0 Å². The lowest BCUT2D eigenvalue weighted by molar-refractivity contribution is 0.797. The zero-order chi connectivity index (χ0) is 15.6. The number of aliphatic imine (C=N–C) groups is 1. The standard InChI is InChI=1S/C17H24N4S.HI/c1-3-16-21-15(13-22-16)12-20-17(18-4-2)19-11-10-14-8-6-5-7-9-14;/h5-9,13H,3-4,10-12H2,1-2H3,(H2,18,19,20);1H. The molecule has 1 aromatic heterocycles. The van der Waals surface area contributed by atoms with E-state index in [1.54, 1.807) is 11.3 Å². The molecule has 0 unspecified atom stereocenters. The lowest BCUT2D eigenvalue weighted by Crippen LogP contribution is -2.38. The van der Waals surface area contributed by atoms with Crippen molar-refractivity contribution < 1.29 is 0 Å². The van der Waals surface area contributed by atoms with E-state index in [9.17, 15) is 0 Å². The number of nitrogens with zero attached hydrogens (tertiary/aromatic N) is 2. The number of benzene rings is 1. The molecule has 0 amide bonds. The van der Waals surface area contributed by atoms with Gasteiger partial charge in [-0.1, -0.05) is 37.3 Å². The number of hydrogen-bond donors (Lipinski definition) is 2. The summed E-state index contributed by atoms with van der Waals surface area (Å²) in [6, 6.07) is 10.5. The Balaban J connectivity index is 0.00000264. The molecule has 4 nitrogen and oxygen atoms in total. The Hall–Kier alpha value is -1.15. The fourth-order valence-corrected chi connectivity index (χ4v) is 2.79. The molecule has 23 heavy (non-hydrogen) atoms. The average Bonchev–Trinajstić information content (AvgIpc) is 3.02. The van der Waals surface area contributed by atoms with Crippen LogP contribution < -0.4 is 10.6 Å². The quantitative estimate of drug-likeness (QED) is 0.390. The fraction of sp³-hybridized carbons (Fsp3) is 0.412. The number of aromatic nitrogens is 1. The van der Waals surface area contributed by atoms with Gasteiger partial charge in [0.1, 0.15) is 0 Å². The van der Waals surface area contributed by atoms with Crippen molar-refractivity contribution in [2.45, 2.75) is 33.2 Å². The van der Waals surface area contributed by atoms with Crippen LogP contribution in [0.15, 0.2) is 40.7 Å². The first kappa shape index (κ1) is 19.9. The Labute approximate surface area is 159 Å². The number of rotatable bonds is 7. The molecular weight excluding hydrogens is 419 g/mol. The Morgan fingerprint density at radius 2 is 1.96 bits per heavy atom. The largest absolute Gasteiger partial charge is 0.357 e. The van der Waals surface area contributed by atoms with Crippen LogP contribution in [0.25, 0.3) is 0 Å². The maximum atomic E-state index is 4.60. The van der Waals surface area contributed by atoms with E-state index in [2.05, 4.69) is 64.1 Å². The molecule has 2 N–H and O–H groups in total. The molecule has 0 radical (unpaired) electrons. The van der Waals surface area contributed by atoms with Gasteiger partial charge < -0.3 is 10.6 Å². The molecule has 2 aromatic rings. The molecule has 0 aliphatic rings. The van der Waals surface area contributed by atoms with Crippen LogP contribution in [0.3, 0.4) is 0 Å².